The fourth-order valence-electron chi connectivity index (χ4n) is 4.61. The average Bonchev–Trinajstić information content (AvgIpc) is 3.45. The van der Waals surface area contributed by atoms with Crippen LogP contribution in [0.1, 0.15) is 32.2 Å². The standard InChI is InChI=1S/C22H29N5O3/c1-14(25(3)12-10-23-2)15-9-11-26(13-15)18-8-7-17-19(20(18)30-4)27(16-5-6-16)22(29)24-21(17)28/h7-8,14-16H,5-6,9-13H2,1,3-4H3,(H,24,28,29). The molecule has 2 heterocycles. The number of aromatic nitrogens is 2. The predicted molar refractivity (Wildman–Crippen MR) is 118 cm³/mol. The highest BCUT2D eigenvalue weighted by molar-refractivity contribution is 5.90. The molecule has 1 saturated carbocycles. The summed E-state index contributed by atoms with van der Waals surface area (Å²) in [5, 5.41) is 0.491. The SMILES string of the molecule is [C-]#[N+]CCN(C)C(C)C1CCN(c2ccc3c(=O)[nH]c(=O)n(C4CC4)c3c2OC)C1. The Kier molecular flexibility index (Phi) is 5.56. The van der Waals surface area contributed by atoms with E-state index in [9.17, 15) is 9.59 Å². The number of nitrogens with one attached hydrogen (secondary N) is 1. The molecule has 1 aromatic heterocycles. The molecule has 2 unspecified atom stereocenters. The fraction of sp³-hybridized carbons (Fsp3) is 0.591. The van der Waals surface area contributed by atoms with Crippen molar-refractivity contribution in [3.05, 3.63) is 44.4 Å². The van der Waals surface area contributed by atoms with Gasteiger partial charge in [-0.15, -0.1) is 0 Å². The molecule has 2 aromatic rings. The summed E-state index contributed by atoms with van der Waals surface area (Å²) in [6.45, 7) is 12.3. The molecule has 0 bridgehead atoms. The summed E-state index contributed by atoms with van der Waals surface area (Å²) in [6.07, 6.45) is 2.93. The van der Waals surface area contributed by atoms with Crippen LogP contribution in [0.3, 0.4) is 0 Å². The molecule has 1 saturated heterocycles. The number of anilines is 1. The normalized spacial score (nSPS) is 20.0. The second-order valence-corrected chi connectivity index (χ2v) is 8.47. The first-order valence-corrected chi connectivity index (χ1v) is 10.6. The van der Waals surface area contributed by atoms with Gasteiger partial charge < -0.3 is 14.5 Å². The lowest BCUT2D eigenvalue weighted by Gasteiger charge is -2.29. The molecule has 30 heavy (non-hydrogen) atoms. The van der Waals surface area contributed by atoms with Gasteiger partial charge in [-0.3, -0.25) is 19.2 Å². The Morgan fingerprint density at radius 1 is 1.33 bits per heavy atom. The number of ether oxygens (including phenoxy) is 1. The number of hydrogen-bond donors (Lipinski definition) is 1. The minimum Gasteiger partial charge on any atom is -0.492 e. The highest BCUT2D eigenvalue weighted by Gasteiger charge is 2.33. The quantitative estimate of drug-likeness (QED) is 0.707. The maximum atomic E-state index is 12.6. The molecule has 8 heteroatoms. The number of H-pyrrole nitrogens is 1. The van der Waals surface area contributed by atoms with Crippen molar-refractivity contribution >= 4 is 16.6 Å². The van der Waals surface area contributed by atoms with Crippen LogP contribution in [0.5, 0.6) is 5.75 Å². The van der Waals surface area contributed by atoms with Crippen LogP contribution in [0.2, 0.25) is 0 Å². The maximum absolute atomic E-state index is 12.6. The number of fused-ring (bicyclic) bond motifs is 1. The molecule has 0 amide bonds. The van der Waals surface area contributed by atoms with Crippen LogP contribution in [0.25, 0.3) is 15.7 Å². The Morgan fingerprint density at radius 3 is 2.77 bits per heavy atom. The Balaban J connectivity index is 1.69. The summed E-state index contributed by atoms with van der Waals surface area (Å²) in [5.74, 6) is 1.09. The highest BCUT2D eigenvalue weighted by Crippen LogP contribution is 2.42. The average molecular weight is 412 g/mol. The van der Waals surface area contributed by atoms with Crippen LogP contribution in [0, 0.1) is 12.5 Å². The van der Waals surface area contributed by atoms with E-state index in [1.54, 1.807) is 11.7 Å². The Hall–Kier alpha value is -2.79. The van der Waals surface area contributed by atoms with Crippen molar-refractivity contribution in [1.29, 1.82) is 0 Å². The van der Waals surface area contributed by atoms with Gasteiger partial charge in [0.25, 0.3) is 5.56 Å². The van der Waals surface area contributed by atoms with Crippen molar-refractivity contribution in [2.24, 2.45) is 5.92 Å². The zero-order chi connectivity index (χ0) is 21.4. The first-order valence-electron chi connectivity index (χ1n) is 10.6. The van der Waals surface area contributed by atoms with Gasteiger partial charge in [0.2, 0.25) is 6.54 Å². The van der Waals surface area contributed by atoms with E-state index in [1.165, 1.54) is 0 Å². The molecule has 8 nitrogen and oxygen atoms in total. The van der Waals surface area contributed by atoms with Crippen molar-refractivity contribution < 1.29 is 4.74 Å². The van der Waals surface area contributed by atoms with E-state index in [0.717, 1.165) is 44.6 Å². The summed E-state index contributed by atoms with van der Waals surface area (Å²) in [5.41, 5.74) is 0.811. The number of likely N-dealkylation sites (N-methyl/N-ethyl adjacent to an activating group) is 1. The molecule has 1 aliphatic carbocycles. The molecular weight excluding hydrogens is 382 g/mol. The lowest BCUT2D eigenvalue weighted by Crippen LogP contribution is -2.38. The third-order valence-corrected chi connectivity index (χ3v) is 6.66. The van der Waals surface area contributed by atoms with Crippen LogP contribution in [0.4, 0.5) is 5.69 Å². The summed E-state index contributed by atoms with van der Waals surface area (Å²) >= 11 is 0. The lowest BCUT2D eigenvalue weighted by atomic mass is 9.99. The fourth-order valence-corrected chi connectivity index (χ4v) is 4.61. The van der Waals surface area contributed by atoms with Crippen LogP contribution in [-0.2, 0) is 0 Å². The molecule has 2 aliphatic rings. The van der Waals surface area contributed by atoms with E-state index < -0.39 is 0 Å². The van der Waals surface area contributed by atoms with Gasteiger partial charge in [-0.2, -0.15) is 0 Å². The summed E-state index contributed by atoms with van der Waals surface area (Å²) in [4.78, 5) is 35.5. The van der Waals surface area contributed by atoms with Crippen molar-refractivity contribution in [3.8, 4) is 5.75 Å². The van der Waals surface area contributed by atoms with E-state index in [4.69, 9.17) is 11.3 Å². The Labute approximate surface area is 175 Å². The molecule has 160 valence electrons. The van der Waals surface area contributed by atoms with E-state index in [0.29, 0.717) is 35.2 Å². The number of rotatable bonds is 7. The van der Waals surface area contributed by atoms with Gasteiger partial charge >= 0.3 is 5.69 Å². The molecule has 1 aliphatic heterocycles. The minimum atomic E-state index is -0.369. The number of nitrogens with zero attached hydrogens (tertiary/aromatic N) is 4. The van der Waals surface area contributed by atoms with E-state index in [1.807, 2.05) is 12.1 Å². The number of methoxy groups -OCH3 is 1. The van der Waals surface area contributed by atoms with Crippen LogP contribution >= 0.6 is 0 Å². The Morgan fingerprint density at radius 2 is 2.10 bits per heavy atom. The van der Waals surface area contributed by atoms with Crippen LogP contribution < -0.4 is 20.9 Å². The van der Waals surface area contributed by atoms with E-state index in [-0.39, 0.29) is 17.3 Å². The van der Waals surface area contributed by atoms with Gasteiger partial charge in [0.15, 0.2) is 5.75 Å². The van der Waals surface area contributed by atoms with Crippen molar-refractivity contribution in [2.45, 2.75) is 38.3 Å². The molecule has 0 spiro atoms. The Bertz CT molecular complexity index is 1090. The van der Waals surface area contributed by atoms with Gasteiger partial charge in [-0.1, -0.05) is 0 Å². The molecular formula is C22H29N5O3. The van der Waals surface area contributed by atoms with Crippen molar-refractivity contribution in [2.75, 3.05) is 45.2 Å². The van der Waals surface area contributed by atoms with Gasteiger partial charge in [0.05, 0.1) is 24.7 Å². The second kappa shape index (κ2) is 8.15. The minimum absolute atomic E-state index is 0.128. The number of aromatic amines is 1. The summed E-state index contributed by atoms with van der Waals surface area (Å²) < 4.78 is 7.50. The first-order chi connectivity index (χ1) is 14.5. The zero-order valence-corrected chi connectivity index (χ0v) is 17.9. The maximum Gasteiger partial charge on any atom is 0.329 e. The molecule has 2 fully saturated rings. The molecule has 2 atom stereocenters. The predicted octanol–water partition coefficient (Wildman–Crippen LogP) is 2.10. The largest absolute Gasteiger partial charge is 0.492 e. The second-order valence-electron chi connectivity index (χ2n) is 8.47. The third kappa shape index (κ3) is 3.58. The molecule has 0 radical (unpaired) electrons. The number of benzene rings is 1. The van der Waals surface area contributed by atoms with Gasteiger partial charge in [0, 0.05) is 25.2 Å². The molecule has 4 rings (SSSR count). The van der Waals surface area contributed by atoms with Gasteiger partial charge in [0.1, 0.15) is 5.52 Å². The summed E-state index contributed by atoms with van der Waals surface area (Å²) in [6, 6.07) is 4.25. The van der Waals surface area contributed by atoms with E-state index in [2.05, 4.69) is 33.6 Å². The van der Waals surface area contributed by atoms with E-state index >= 15 is 0 Å². The van der Waals surface area contributed by atoms with Gasteiger partial charge in [-0.25, -0.2) is 11.4 Å². The monoisotopic (exact) mass is 411 g/mol. The molecule has 1 N–H and O–H groups in total. The lowest BCUT2D eigenvalue weighted by molar-refractivity contribution is 0.207. The first kappa shape index (κ1) is 20.5. The molecule has 1 aromatic carbocycles. The smallest absolute Gasteiger partial charge is 0.329 e. The number of hydrogen-bond acceptors (Lipinski definition) is 5. The van der Waals surface area contributed by atoms with Crippen molar-refractivity contribution in [1.82, 2.24) is 14.5 Å². The van der Waals surface area contributed by atoms with Crippen LogP contribution in [0.15, 0.2) is 21.7 Å². The van der Waals surface area contributed by atoms with Crippen LogP contribution in [-0.4, -0.2) is 60.8 Å². The topological polar surface area (TPSA) is 74.9 Å². The van der Waals surface area contributed by atoms with Crippen molar-refractivity contribution in [3.63, 3.8) is 0 Å². The highest BCUT2D eigenvalue weighted by atomic mass is 16.5. The third-order valence-electron chi connectivity index (χ3n) is 6.66. The van der Waals surface area contributed by atoms with Gasteiger partial charge in [-0.05, 0) is 51.3 Å². The summed E-state index contributed by atoms with van der Waals surface area (Å²) in [7, 11) is 3.69. The zero-order valence-electron chi connectivity index (χ0n) is 17.9.